The molecular weight excluding hydrogens is 380 g/mol. The van der Waals surface area contributed by atoms with Crippen LogP contribution in [-0.4, -0.2) is 19.3 Å². The summed E-state index contributed by atoms with van der Waals surface area (Å²) in [5.74, 6) is 0. The Balaban J connectivity index is 1.43. The summed E-state index contributed by atoms with van der Waals surface area (Å²) in [6.07, 6.45) is 14.5. The van der Waals surface area contributed by atoms with Crippen molar-refractivity contribution in [1.82, 2.24) is 0 Å². The van der Waals surface area contributed by atoms with Crippen LogP contribution in [0.1, 0.15) is 95.3 Å². The molecule has 2 aromatic rings. The Morgan fingerprint density at radius 3 is 1.87 bits per heavy atom. The summed E-state index contributed by atoms with van der Waals surface area (Å²) < 4.78 is 12.2. The molecule has 0 saturated carbocycles. The van der Waals surface area contributed by atoms with Crippen LogP contribution in [0.3, 0.4) is 0 Å². The molecule has 3 rings (SSSR count). The molecule has 2 aromatic carbocycles. The molecule has 2 atom stereocenters. The van der Waals surface area contributed by atoms with Crippen LogP contribution in [0.4, 0.5) is 0 Å². The van der Waals surface area contributed by atoms with Crippen molar-refractivity contribution < 1.29 is 9.47 Å². The van der Waals surface area contributed by atoms with Crippen LogP contribution in [-0.2, 0) is 15.9 Å². The Morgan fingerprint density at radius 1 is 0.645 bits per heavy atom. The van der Waals surface area contributed by atoms with Crippen LogP contribution < -0.4 is 0 Å². The highest BCUT2D eigenvalue weighted by atomic mass is 16.6. The number of rotatable bonds is 13. The molecule has 1 heterocycles. The van der Waals surface area contributed by atoms with Crippen LogP contribution in [0.15, 0.2) is 48.5 Å². The molecule has 0 aliphatic carbocycles. The molecule has 0 bridgehead atoms. The van der Waals surface area contributed by atoms with E-state index >= 15 is 0 Å². The maximum Gasteiger partial charge on any atom is 0.106 e. The summed E-state index contributed by atoms with van der Waals surface area (Å²) in [6.45, 7) is 5.92. The van der Waals surface area contributed by atoms with Gasteiger partial charge in [0.15, 0.2) is 0 Å². The van der Waals surface area contributed by atoms with E-state index in [1.807, 2.05) is 0 Å². The van der Waals surface area contributed by atoms with E-state index < -0.39 is 0 Å². The van der Waals surface area contributed by atoms with E-state index in [-0.39, 0.29) is 12.2 Å². The fourth-order valence-corrected chi connectivity index (χ4v) is 4.39. The lowest BCUT2D eigenvalue weighted by Gasteiger charge is -2.30. The largest absolute Gasteiger partial charge is 0.373 e. The van der Waals surface area contributed by atoms with Crippen LogP contribution >= 0.6 is 0 Å². The Morgan fingerprint density at radius 2 is 1.26 bits per heavy atom. The molecule has 2 heteroatoms. The van der Waals surface area contributed by atoms with Crippen molar-refractivity contribution in [1.29, 1.82) is 0 Å². The normalized spacial score (nSPS) is 18.9. The van der Waals surface area contributed by atoms with Crippen molar-refractivity contribution in [3.63, 3.8) is 0 Å². The van der Waals surface area contributed by atoms with Gasteiger partial charge < -0.3 is 9.47 Å². The minimum absolute atomic E-state index is 0.0656. The molecule has 1 fully saturated rings. The average molecular weight is 423 g/mol. The van der Waals surface area contributed by atoms with Gasteiger partial charge in [-0.1, -0.05) is 114 Å². The Bertz CT molecular complexity index is 711. The van der Waals surface area contributed by atoms with Gasteiger partial charge in [-0.05, 0) is 41.5 Å². The lowest BCUT2D eigenvalue weighted by atomic mass is 9.99. The summed E-state index contributed by atoms with van der Waals surface area (Å²) in [4.78, 5) is 0. The van der Waals surface area contributed by atoms with Gasteiger partial charge in [-0.25, -0.2) is 0 Å². The molecule has 0 spiro atoms. The molecule has 1 saturated heterocycles. The third-order valence-corrected chi connectivity index (χ3v) is 6.48. The highest BCUT2D eigenvalue weighted by Gasteiger charge is 2.23. The number of hydrogen-bond donors (Lipinski definition) is 0. The predicted octanol–water partition coefficient (Wildman–Crippen LogP) is 8.29. The second-order valence-corrected chi connectivity index (χ2v) is 9.11. The van der Waals surface area contributed by atoms with E-state index in [2.05, 4.69) is 62.4 Å². The maximum absolute atomic E-state index is 6.15. The summed E-state index contributed by atoms with van der Waals surface area (Å²) >= 11 is 0. The van der Waals surface area contributed by atoms with Crippen LogP contribution in [0.5, 0.6) is 0 Å². The van der Waals surface area contributed by atoms with E-state index in [4.69, 9.17) is 9.47 Å². The minimum atomic E-state index is 0.0656. The van der Waals surface area contributed by atoms with Crippen LogP contribution in [0, 0.1) is 0 Å². The lowest BCUT2D eigenvalue weighted by Crippen LogP contribution is -2.31. The Kier molecular flexibility index (Phi) is 10.6. The number of ether oxygens (including phenoxy) is 2. The van der Waals surface area contributed by atoms with Crippen molar-refractivity contribution in [2.24, 2.45) is 0 Å². The summed E-state index contributed by atoms with van der Waals surface area (Å²) in [6, 6.07) is 17.9. The van der Waals surface area contributed by atoms with Gasteiger partial charge in [0.2, 0.25) is 0 Å². The molecular formula is C29H42O2. The maximum atomic E-state index is 6.15. The number of aryl methyl sites for hydroxylation is 1. The van der Waals surface area contributed by atoms with Crippen molar-refractivity contribution in [3.05, 3.63) is 59.7 Å². The average Bonchev–Trinajstić information content (AvgIpc) is 2.83. The first-order valence-corrected chi connectivity index (χ1v) is 12.7. The van der Waals surface area contributed by atoms with E-state index in [9.17, 15) is 0 Å². The van der Waals surface area contributed by atoms with E-state index in [0.29, 0.717) is 6.61 Å². The fourth-order valence-electron chi connectivity index (χ4n) is 4.39. The van der Waals surface area contributed by atoms with E-state index in [1.54, 1.807) is 0 Å². The third-order valence-electron chi connectivity index (χ3n) is 6.48. The smallest absolute Gasteiger partial charge is 0.106 e. The van der Waals surface area contributed by atoms with E-state index in [1.165, 1.54) is 86.5 Å². The molecule has 2 nitrogen and oxygen atoms in total. The zero-order valence-corrected chi connectivity index (χ0v) is 19.8. The molecule has 1 aliphatic heterocycles. The predicted molar refractivity (Wildman–Crippen MR) is 132 cm³/mol. The highest BCUT2D eigenvalue weighted by Crippen LogP contribution is 2.28. The van der Waals surface area contributed by atoms with Crippen molar-refractivity contribution >= 4 is 0 Å². The monoisotopic (exact) mass is 422 g/mol. The Labute approximate surface area is 190 Å². The number of hydrogen-bond acceptors (Lipinski definition) is 2. The van der Waals surface area contributed by atoms with E-state index in [0.717, 1.165) is 13.0 Å². The fraction of sp³-hybridized carbons (Fsp3) is 0.586. The molecule has 0 radical (unpaired) electrons. The number of benzene rings is 2. The summed E-state index contributed by atoms with van der Waals surface area (Å²) in [7, 11) is 0. The van der Waals surface area contributed by atoms with Gasteiger partial charge in [0, 0.05) is 0 Å². The van der Waals surface area contributed by atoms with Crippen LogP contribution in [0.25, 0.3) is 11.1 Å². The molecule has 31 heavy (non-hydrogen) atoms. The third kappa shape index (κ3) is 8.09. The first-order chi connectivity index (χ1) is 15.3. The van der Waals surface area contributed by atoms with Crippen molar-refractivity contribution in [2.75, 3.05) is 13.2 Å². The topological polar surface area (TPSA) is 18.5 Å². The van der Waals surface area contributed by atoms with Crippen molar-refractivity contribution in [2.45, 2.75) is 96.7 Å². The first kappa shape index (κ1) is 24.0. The number of unbranched alkanes of at least 4 members (excludes halogenated alkanes) is 7. The molecule has 0 N–H and O–H groups in total. The first-order valence-electron chi connectivity index (χ1n) is 12.7. The lowest BCUT2D eigenvalue weighted by molar-refractivity contribution is -0.137. The Hall–Kier alpha value is -1.64. The SMILES string of the molecule is CCCCCCCC1COC(c2ccc(-c3ccc(CCCCCC)cc3)cc2)CO1. The standard InChI is InChI=1S/C29H42O2/c1-3-5-7-9-11-13-28-22-31-29(23-30-28)27-20-18-26(19-21-27)25-16-14-24(15-17-25)12-10-8-6-4-2/h14-21,28-29H,3-13,22-23H2,1-2H3. The molecule has 0 amide bonds. The minimum Gasteiger partial charge on any atom is -0.373 e. The highest BCUT2D eigenvalue weighted by molar-refractivity contribution is 5.64. The van der Waals surface area contributed by atoms with Crippen molar-refractivity contribution in [3.8, 4) is 11.1 Å². The molecule has 0 aromatic heterocycles. The quantitative estimate of drug-likeness (QED) is 0.302. The molecule has 1 aliphatic rings. The van der Waals surface area contributed by atoms with Crippen LogP contribution in [0.2, 0.25) is 0 Å². The van der Waals surface area contributed by atoms with Gasteiger partial charge in [0.05, 0.1) is 19.3 Å². The van der Waals surface area contributed by atoms with Gasteiger partial charge in [-0.2, -0.15) is 0 Å². The van der Waals surface area contributed by atoms with Gasteiger partial charge in [0.25, 0.3) is 0 Å². The van der Waals surface area contributed by atoms with Gasteiger partial charge in [-0.3, -0.25) is 0 Å². The second kappa shape index (κ2) is 13.7. The van der Waals surface area contributed by atoms with Gasteiger partial charge in [-0.15, -0.1) is 0 Å². The summed E-state index contributed by atoms with van der Waals surface area (Å²) in [5, 5.41) is 0. The van der Waals surface area contributed by atoms with Gasteiger partial charge >= 0.3 is 0 Å². The zero-order valence-electron chi connectivity index (χ0n) is 19.8. The molecule has 170 valence electrons. The zero-order chi connectivity index (χ0) is 21.7. The summed E-state index contributed by atoms with van der Waals surface area (Å²) in [5.41, 5.74) is 5.22. The second-order valence-electron chi connectivity index (χ2n) is 9.11. The molecule has 2 unspecified atom stereocenters. The van der Waals surface area contributed by atoms with Gasteiger partial charge in [0.1, 0.15) is 6.10 Å².